The molecule has 126 valence electrons. The molecular formula is C18H15ClN4O2. The minimum absolute atomic E-state index is 0.00475. The Morgan fingerprint density at radius 3 is 2.44 bits per heavy atom. The van der Waals surface area contributed by atoms with Crippen LogP contribution < -0.4 is 10.6 Å². The highest BCUT2D eigenvalue weighted by atomic mass is 35.5. The SMILES string of the molecule is Cc1ccc(NC(=O)c2nc[nH]c2C(=O)Nc2ccccc2Cl)cc1. The summed E-state index contributed by atoms with van der Waals surface area (Å²) in [4.78, 5) is 31.5. The number of nitrogens with zero attached hydrogens (tertiary/aromatic N) is 1. The van der Waals surface area contributed by atoms with Gasteiger partial charge in [-0.3, -0.25) is 9.59 Å². The summed E-state index contributed by atoms with van der Waals surface area (Å²) in [6.07, 6.45) is 1.30. The number of carbonyl (C=O) groups excluding carboxylic acids is 2. The first-order valence-electron chi connectivity index (χ1n) is 7.52. The molecule has 6 nitrogen and oxygen atoms in total. The van der Waals surface area contributed by atoms with Crippen LogP contribution in [0.2, 0.25) is 5.02 Å². The summed E-state index contributed by atoms with van der Waals surface area (Å²) in [5.74, 6) is -0.978. The van der Waals surface area contributed by atoms with Gasteiger partial charge in [0.15, 0.2) is 5.69 Å². The normalized spacial score (nSPS) is 10.3. The molecule has 1 aromatic heterocycles. The monoisotopic (exact) mass is 354 g/mol. The van der Waals surface area contributed by atoms with Crippen LogP contribution in [0.1, 0.15) is 26.5 Å². The number of nitrogens with one attached hydrogen (secondary N) is 3. The Bertz CT molecular complexity index is 919. The molecule has 0 aliphatic rings. The van der Waals surface area contributed by atoms with Crippen LogP contribution in [-0.4, -0.2) is 21.8 Å². The summed E-state index contributed by atoms with van der Waals surface area (Å²) >= 11 is 6.03. The number of anilines is 2. The molecule has 0 aliphatic carbocycles. The van der Waals surface area contributed by atoms with Gasteiger partial charge in [-0.25, -0.2) is 4.98 Å². The van der Waals surface area contributed by atoms with Crippen LogP contribution in [0.15, 0.2) is 54.9 Å². The maximum Gasteiger partial charge on any atom is 0.276 e. The molecule has 0 bridgehead atoms. The molecule has 0 saturated carbocycles. The summed E-state index contributed by atoms with van der Waals surface area (Å²) in [7, 11) is 0. The van der Waals surface area contributed by atoms with E-state index in [4.69, 9.17) is 11.6 Å². The molecule has 0 spiro atoms. The molecule has 3 rings (SSSR count). The summed E-state index contributed by atoms with van der Waals surface area (Å²) < 4.78 is 0. The number of imidazole rings is 1. The van der Waals surface area contributed by atoms with Gasteiger partial charge in [0.05, 0.1) is 17.0 Å². The lowest BCUT2D eigenvalue weighted by Crippen LogP contribution is -2.20. The average Bonchev–Trinajstić information content (AvgIpc) is 3.09. The van der Waals surface area contributed by atoms with E-state index in [0.29, 0.717) is 16.4 Å². The van der Waals surface area contributed by atoms with Gasteiger partial charge in [-0.15, -0.1) is 0 Å². The van der Waals surface area contributed by atoms with E-state index in [1.54, 1.807) is 36.4 Å². The molecule has 3 aromatic rings. The minimum Gasteiger partial charge on any atom is -0.340 e. The highest BCUT2D eigenvalue weighted by Gasteiger charge is 2.21. The van der Waals surface area contributed by atoms with Crippen molar-refractivity contribution in [2.24, 2.45) is 0 Å². The molecule has 0 radical (unpaired) electrons. The van der Waals surface area contributed by atoms with Crippen molar-refractivity contribution in [3.8, 4) is 0 Å². The number of aromatic amines is 1. The number of carbonyl (C=O) groups is 2. The van der Waals surface area contributed by atoms with E-state index in [9.17, 15) is 9.59 Å². The number of rotatable bonds is 4. The molecule has 25 heavy (non-hydrogen) atoms. The van der Waals surface area contributed by atoms with Crippen molar-refractivity contribution in [2.45, 2.75) is 6.92 Å². The zero-order valence-electron chi connectivity index (χ0n) is 13.3. The maximum absolute atomic E-state index is 12.4. The van der Waals surface area contributed by atoms with Crippen molar-refractivity contribution < 1.29 is 9.59 Å². The van der Waals surface area contributed by atoms with Crippen LogP contribution in [0.4, 0.5) is 11.4 Å². The molecule has 0 aliphatic heterocycles. The van der Waals surface area contributed by atoms with E-state index >= 15 is 0 Å². The zero-order valence-corrected chi connectivity index (χ0v) is 14.1. The Hall–Kier alpha value is -3.12. The third-order valence-corrected chi connectivity index (χ3v) is 3.84. The van der Waals surface area contributed by atoms with Crippen LogP contribution in [0.25, 0.3) is 0 Å². The molecule has 3 N–H and O–H groups in total. The minimum atomic E-state index is -0.500. The topological polar surface area (TPSA) is 86.9 Å². The molecule has 1 heterocycles. The fourth-order valence-corrected chi connectivity index (χ4v) is 2.40. The Morgan fingerprint density at radius 2 is 1.72 bits per heavy atom. The first-order chi connectivity index (χ1) is 12.0. The molecule has 7 heteroatoms. The number of amides is 2. The molecular weight excluding hydrogens is 340 g/mol. The average molecular weight is 355 g/mol. The predicted molar refractivity (Wildman–Crippen MR) is 97.1 cm³/mol. The summed E-state index contributed by atoms with van der Waals surface area (Å²) in [6, 6.07) is 14.2. The lowest BCUT2D eigenvalue weighted by Gasteiger charge is -2.08. The molecule has 2 amide bonds. The molecule has 0 unspecified atom stereocenters. The van der Waals surface area contributed by atoms with Gasteiger partial charge >= 0.3 is 0 Å². The van der Waals surface area contributed by atoms with Crippen LogP contribution in [-0.2, 0) is 0 Å². The predicted octanol–water partition coefficient (Wildman–Crippen LogP) is 3.88. The number of hydrogen-bond acceptors (Lipinski definition) is 3. The number of aryl methyl sites for hydroxylation is 1. The van der Waals surface area contributed by atoms with E-state index in [-0.39, 0.29) is 11.4 Å². The zero-order chi connectivity index (χ0) is 17.8. The summed E-state index contributed by atoms with van der Waals surface area (Å²) in [6.45, 7) is 1.95. The van der Waals surface area contributed by atoms with Gasteiger partial charge in [-0.2, -0.15) is 0 Å². The van der Waals surface area contributed by atoms with E-state index in [1.807, 2.05) is 19.1 Å². The van der Waals surface area contributed by atoms with Crippen LogP contribution in [0.3, 0.4) is 0 Å². The molecule has 0 saturated heterocycles. The van der Waals surface area contributed by atoms with Crippen LogP contribution >= 0.6 is 11.6 Å². The van der Waals surface area contributed by atoms with Gasteiger partial charge in [0.2, 0.25) is 0 Å². The van der Waals surface area contributed by atoms with Gasteiger partial charge in [-0.1, -0.05) is 41.4 Å². The number of hydrogen-bond donors (Lipinski definition) is 3. The van der Waals surface area contributed by atoms with Crippen molar-refractivity contribution in [3.05, 3.63) is 76.8 Å². The number of aromatic nitrogens is 2. The second-order valence-electron chi connectivity index (χ2n) is 5.38. The Labute approximate surface area is 149 Å². The first kappa shape index (κ1) is 16.7. The standard InChI is InChI=1S/C18H15ClN4O2/c1-11-6-8-12(9-7-11)22-17(24)15-16(21-10-20-15)18(25)23-14-5-3-2-4-13(14)19/h2-10H,1H3,(H,20,21)(H,22,24)(H,23,25). The van der Waals surface area contributed by atoms with Gasteiger partial charge in [0.25, 0.3) is 11.8 Å². The Balaban J connectivity index is 1.77. The Kier molecular flexibility index (Phi) is 4.81. The van der Waals surface area contributed by atoms with E-state index in [2.05, 4.69) is 20.6 Å². The molecule has 0 atom stereocenters. The number of halogens is 1. The molecule has 0 fully saturated rings. The number of para-hydroxylation sites is 1. The highest BCUT2D eigenvalue weighted by Crippen LogP contribution is 2.21. The fraction of sp³-hybridized carbons (Fsp3) is 0.0556. The second-order valence-corrected chi connectivity index (χ2v) is 5.79. The van der Waals surface area contributed by atoms with Gasteiger partial charge in [-0.05, 0) is 31.2 Å². The summed E-state index contributed by atoms with van der Waals surface area (Å²) in [5.41, 5.74) is 2.22. The highest BCUT2D eigenvalue weighted by molar-refractivity contribution is 6.34. The third-order valence-electron chi connectivity index (χ3n) is 3.51. The van der Waals surface area contributed by atoms with E-state index in [1.165, 1.54) is 6.33 Å². The number of benzene rings is 2. The van der Waals surface area contributed by atoms with Gasteiger partial charge < -0.3 is 15.6 Å². The van der Waals surface area contributed by atoms with Crippen molar-refractivity contribution in [2.75, 3.05) is 10.6 Å². The maximum atomic E-state index is 12.4. The van der Waals surface area contributed by atoms with Gasteiger partial charge in [0, 0.05) is 5.69 Å². The molecule has 2 aromatic carbocycles. The summed E-state index contributed by atoms with van der Waals surface area (Å²) in [5, 5.41) is 5.78. The van der Waals surface area contributed by atoms with Crippen molar-refractivity contribution >= 4 is 34.8 Å². The van der Waals surface area contributed by atoms with E-state index < -0.39 is 11.8 Å². The van der Waals surface area contributed by atoms with E-state index in [0.717, 1.165) is 5.56 Å². The third kappa shape index (κ3) is 3.87. The van der Waals surface area contributed by atoms with Crippen molar-refractivity contribution in [3.63, 3.8) is 0 Å². The van der Waals surface area contributed by atoms with Crippen LogP contribution in [0.5, 0.6) is 0 Å². The van der Waals surface area contributed by atoms with Gasteiger partial charge in [0.1, 0.15) is 5.69 Å². The second kappa shape index (κ2) is 7.19. The smallest absolute Gasteiger partial charge is 0.276 e. The van der Waals surface area contributed by atoms with Crippen molar-refractivity contribution in [1.29, 1.82) is 0 Å². The lowest BCUT2D eigenvalue weighted by molar-refractivity contribution is 0.0985. The van der Waals surface area contributed by atoms with Crippen LogP contribution in [0, 0.1) is 6.92 Å². The fourth-order valence-electron chi connectivity index (χ4n) is 2.21. The van der Waals surface area contributed by atoms with Crippen molar-refractivity contribution in [1.82, 2.24) is 9.97 Å². The number of H-pyrrole nitrogens is 1. The first-order valence-corrected chi connectivity index (χ1v) is 7.89. The largest absolute Gasteiger partial charge is 0.340 e. The lowest BCUT2D eigenvalue weighted by atomic mass is 10.2. The Morgan fingerprint density at radius 1 is 1.00 bits per heavy atom. The quantitative estimate of drug-likeness (QED) is 0.664.